The molecule has 2 aromatic rings. The summed E-state index contributed by atoms with van der Waals surface area (Å²) >= 11 is 0. The highest BCUT2D eigenvalue weighted by molar-refractivity contribution is 5.76. The van der Waals surface area contributed by atoms with Gasteiger partial charge in [0.05, 0.1) is 10.6 Å². The van der Waals surface area contributed by atoms with E-state index in [1.165, 1.54) is 0 Å². The number of para-hydroxylation sites is 1. The smallest absolute Gasteiger partial charge is 0.200 e. The summed E-state index contributed by atoms with van der Waals surface area (Å²) in [6.07, 6.45) is 3.64. The molecule has 2 heteroatoms. The lowest BCUT2D eigenvalue weighted by atomic mass is 10.2. The first-order valence-electron chi connectivity index (χ1n) is 7.45. The van der Waals surface area contributed by atoms with Gasteiger partial charge in [0.25, 0.3) is 0 Å². The van der Waals surface area contributed by atoms with Crippen molar-refractivity contribution >= 4 is 23.6 Å². The quantitative estimate of drug-likeness (QED) is 0.793. The molecule has 0 aliphatic rings. The Bertz CT molecular complexity index is 745. The summed E-state index contributed by atoms with van der Waals surface area (Å²) in [5, 5.41) is 1.11. The lowest BCUT2D eigenvalue weighted by Gasteiger charge is -1.96. The van der Waals surface area contributed by atoms with E-state index < -0.39 is 0 Å². The number of rotatable bonds is 1. The Morgan fingerprint density at radius 2 is 1.67 bits per heavy atom. The summed E-state index contributed by atoms with van der Waals surface area (Å²) in [6, 6.07) is 7.20. The molecule has 0 aliphatic carbocycles. The molecule has 0 N–H and O–H groups in total. The molecule has 0 radical (unpaired) electrons. The van der Waals surface area contributed by atoms with Crippen molar-refractivity contribution in [2.45, 2.75) is 41.5 Å². The third-order valence-electron chi connectivity index (χ3n) is 2.49. The largest absolute Gasteiger partial charge is 0.456 e. The molecule has 0 bridgehead atoms. The molecule has 0 fully saturated rings. The molecule has 1 aromatic carbocycles. The van der Waals surface area contributed by atoms with Crippen LogP contribution in [0.15, 0.2) is 45.1 Å². The first kappa shape index (κ1) is 18.9. The summed E-state index contributed by atoms with van der Waals surface area (Å²) in [4.78, 5) is 12.2. The van der Waals surface area contributed by atoms with Crippen LogP contribution in [0.2, 0.25) is 0 Å². The Labute approximate surface area is 127 Å². The van der Waals surface area contributed by atoms with Gasteiger partial charge in [-0.15, -0.1) is 0 Å². The van der Waals surface area contributed by atoms with Crippen LogP contribution in [0.4, 0.5) is 0 Å². The molecule has 0 spiro atoms. The van der Waals surface area contributed by atoms with Crippen LogP contribution < -0.4 is 16.1 Å². The zero-order valence-electron chi connectivity index (χ0n) is 14.0. The Morgan fingerprint density at radius 3 is 2.24 bits per heavy atom. The van der Waals surface area contributed by atoms with Crippen LogP contribution in [0.5, 0.6) is 0 Å². The predicted molar refractivity (Wildman–Crippen MR) is 93.8 cm³/mol. The van der Waals surface area contributed by atoms with Crippen molar-refractivity contribution in [2.24, 2.45) is 0 Å². The van der Waals surface area contributed by atoms with Crippen LogP contribution in [0, 0.1) is 0 Å². The molecular weight excluding hydrogens is 260 g/mol. The lowest BCUT2D eigenvalue weighted by molar-refractivity contribution is 0.561. The van der Waals surface area contributed by atoms with Crippen molar-refractivity contribution in [1.29, 1.82) is 0 Å². The normalized spacial score (nSPS) is 10.1. The van der Waals surface area contributed by atoms with Gasteiger partial charge in [-0.2, -0.15) is 0 Å². The summed E-state index contributed by atoms with van der Waals surface area (Å²) in [5.74, 6) is 0. The second-order valence-corrected chi connectivity index (χ2v) is 4.17. The highest BCUT2D eigenvalue weighted by Crippen LogP contribution is 2.04. The van der Waals surface area contributed by atoms with E-state index in [2.05, 4.69) is 6.58 Å². The maximum Gasteiger partial charge on any atom is 0.200 e. The fourth-order valence-electron chi connectivity index (χ4n) is 1.62. The van der Waals surface area contributed by atoms with Gasteiger partial charge in [-0.05, 0) is 32.1 Å². The van der Waals surface area contributed by atoms with E-state index in [9.17, 15) is 4.79 Å². The maximum atomic E-state index is 12.2. The Morgan fingerprint density at radius 1 is 1.10 bits per heavy atom. The molecule has 2 rings (SSSR count). The maximum absolute atomic E-state index is 12.2. The molecule has 0 unspecified atom stereocenters. The van der Waals surface area contributed by atoms with Crippen molar-refractivity contribution in [3.8, 4) is 0 Å². The van der Waals surface area contributed by atoms with Crippen LogP contribution in [-0.4, -0.2) is 0 Å². The third-order valence-corrected chi connectivity index (χ3v) is 2.49. The first-order chi connectivity index (χ1) is 10.1. The van der Waals surface area contributed by atoms with Crippen molar-refractivity contribution in [3.63, 3.8) is 0 Å². The number of benzene rings is 1. The van der Waals surface area contributed by atoms with Gasteiger partial charge < -0.3 is 4.42 Å². The summed E-state index contributed by atoms with van der Waals surface area (Å²) in [7, 11) is 0. The zero-order chi connectivity index (χ0) is 16.4. The van der Waals surface area contributed by atoms with E-state index >= 15 is 0 Å². The van der Waals surface area contributed by atoms with Gasteiger partial charge in [-0.25, -0.2) is 0 Å². The minimum atomic E-state index is -0.0330. The minimum Gasteiger partial charge on any atom is -0.456 e. The van der Waals surface area contributed by atoms with Crippen molar-refractivity contribution in [2.75, 3.05) is 0 Å². The highest BCUT2D eigenvalue weighted by Gasteiger charge is 2.01. The predicted octanol–water partition coefficient (Wildman–Crippen LogP) is 4.00. The fraction of sp³-hybridized carbons (Fsp3) is 0.316. The fourth-order valence-corrected chi connectivity index (χ4v) is 1.62. The van der Waals surface area contributed by atoms with Crippen LogP contribution in [0.25, 0.3) is 23.6 Å². The van der Waals surface area contributed by atoms with E-state index in [1.54, 1.807) is 18.2 Å². The number of hydrogen-bond acceptors (Lipinski definition) is 2. The van der Waals surface area contributed by atoms with Crippen LogP contribution in [0.1, 0.15) is 41.5 Å². The minimum absolute atomic E-state index is 0.0330. The SMILES string of the molecule is C=c1oc2ccccc2c(=O)/c1=C/C=C(C)C.CC.CC. The van der Waals surface area contributed by atoms with Crippen molar-refractivity contribution in [3.05, 3.63) is 56.8 Å². The Kier molecular flexibility index (Phi) is 8.79. The molecule has 1 heterocycles. The first-order valence-corrected chi connectivity index (χ1v) is 7.45. The van der Waals surface area contributed by atoms with Gasteiger partial charge in [0, 0.05) is 0 Å². The number of fused-ring (bicyclic) bond motifs is 1. The summed E-state index contributed by atoms with van der Waals surface area (Å²) in [5.41, 5.74) is 2.08. The van der Waals surface area contributed by atoms with Crippen LogP contribution >= 0.6 is 0 Å². The summed E-state index contributed by atoms with van der Waals surface area (Å²) < 4.78 is 5.53. The van der Waals surface area contributed by atoms with Gasteiger partial charge in [0.1, 0.15) is 11.0 Å². The topological polar surface area (TPSA) is 30.2 Å². The zero-order valence-corrected chi connectivity index (χ0v) is 14.0. The average molecular weight is 286 g/mol. The van der Waals surface area contributed by atoms with E-state index in [-0.39, 0.29) is 5.43 Å². The highest BCUT2D eigenvalue weighted by atomic mass is 16.3. The van der Waals surface area contributed by atoms with Crippen molar-refractivity contribution < 1.29 is 4.42 Å². The second-order valence-electron chi connectivity index (χ2n) is 4.17. The third kappa shape index (κ3) is 5.07. The van der Waals surface area contributed by atoms with Gasteiger partial charge >= 0.3 is 0 Å². The van der Waals surface area contributed by atoms with Gasteiger partial charge in [0.15, 0.2) is 5.43 Å². The molecule has 0 saturated heterocycles. The molecule has 0 saturated carbocycles. The molecule has 2 nitrogen and oxygen atoms in total. The van der Waals surface area contributed by atoms with E-state index in [4.69, 9.17) is 4.42 Å². The molecule has 0 aliphatic heterocycles. The van der Waals surface area contributed by atoms with E-state index in [0.717, 1.165) is 5.57 Å². The van der Waals surface area contributed by atoms with Crippen molar-refractivity contribution in [1.82, 2.24) is 0 Å². The van der Waals surface area contributed by atoms with Gasteiger partial charge in [-0.1, -0.05) is 58.1 Å². The molecule has 114 valence electrons. The second kappa shape index (κ2) is 9.76. The molecule has 0 atom stereocenters. The number of allylic oxidation sites excluding steroid dienone is 2. The van der Waals surface area contributed by atoms with E-state index in [0.29, 0.717) is 21.6 Å². The van der Waals surface area contributed by atoms with Gasteiger partial charge in [0.2, 0.25) is 0 Å². The summed E-state index contributed by atoms with van der Waals surface area (Å²) in [6.45, 7) is 15.7. The number of hydrogen-bond donors (Lipinski definition) is 0. The standard InChI is InChI=1S/C15H14O2.2C2H6/c1-10(2)8-9-12-11(3)17-14-7-5-4-6-13(14)15(12)16;2*1-2/h4-9H,3H2,1-2H3;2*1-2H3/b12-9+;;. The Balaban J connectivity index is 0.000000921. The molecule has 0 amide bonds. The Hall–Kier alpha value is -2.09. The molecular formula is C19H26O2. The van der Waals surface area contributed by atoms with E-state index in [1.807, 2.05) is 59.8 Å². The monoisotopic (exact) mass is 286 g/mol. The van der Waals surface area contributed by atoms with Gasteiger partial charge in [-0.3, -0.25) is 4.79 Å². The average Bonchev–Trinajstić information content (AvgIpc) is 2.51. The van der Waals surface area contributed by atoms with Crippen LogP contribution in [-0.2, 0) is 0 Å². The molecule has 21 heavy (non-hydrogen) atoms. The molecule has 1 aromatic heterocycles. The lowest BCUT2D eigenvalue weighted by Crippen LogP contribution is -2.37. The van der Waals surface area contributed by atoms with Crippen LogP contribution in [0.3, 0.4) is 0 Å².